The van der Waals surface area contributed by atoms with Gasteiger partial charge in [0.25, 0.3) is 5.91 Å². The lowest BCUT2D eigenvalue weighted by molar-refractivity contribution is 0.0952. The summed E-state index contributed by atoms with van der Waals surface area (Å²) in [5.41, 5.74) is 4.47. The SMILES string of the molecule is Cc1nc2ccc(C=NNC(=O)c3cc4ccccc4cc3O)cc2s1. The molecule has 6 heteroatoms. The number of benzene rings is 3. The van der Waals surface area contributed by atoms with E-state index in [-0.39, 0.29) is 11.3 Å². The van der Waals surface area contributed by atoms with E-state index in [1.165, 1.54) is 0 Å². The number of aromatic nitrogens is 1. The van der Waals surface area contributed by atoms with Gasteiger partial charge in [0.15, 0.2) is 0 Å². The lowest BCUT2D eigenvalue weighted by Crippen LogP contribution is -2.17. The van der Waals surface area contributed by atoms with Crippen LogP contribution in [0.5, 0.6) is 5.75 Å². The number of phenolic OH excluding ortho intramolecular Hbond substituents is 1. The maximum Gasteiger partial charge on any atom is 0.275 e. The molecule has 4 rings (SSSR count). The third kappa shape index (κ3) is 3.14. The predicted molar refractivity (Wildman–Crippen MR) is 105 cm³/mol. The Bertz CT molecular complexity index is 1160. The fourth-order valence-corrected chi connectivity index (χ4v) is 3.65. The highest BCUT2D eigenvalue weighted by molar-refractivity contribution is 7.18. The molecule has 0 bridgehead atoms. The zero-order valence-corrected chi connectivity index (χ0v) is 14.7. The average Bonchev–Trinajstić information content (AvgIpc) is 3.00. The number of aryl methyl sites for hydroxylation is 1. The number of fused-ring (bicyclic) bond motifs is 2. The van der Waals surface area contributed by atoms with E-state index in [4.69, 9.17) is 0 Å². The second-order valence-corrected chi connectivity index (χ2v) is 7.11. The van der Waals surface area contributed by atoms with Crippen molar-refractivity contribution in [3.05, 3.63) is 70.7 Å². The molecule has 0 unspecified atom stereocenters. The highest BCUT2D eigenvalue weighted by Gasteiger charge is 2.11. The Hall–Kier alpha value is -3.25. The number of nitrogens with one attached hydrogen (secondary N) is 1. The lowest BCUT2D eigenvalue weighted by Gasteiger charge is -2.05. The van der Waals surface area contributed by atoms with Crippen LogP contribution in [0, 0.1) is 6.92 Å². The molecule has 0 fully saturated rings. The Morgan fingerprint density at radius 2 is 1.92 bits per heavy atom. The molecule has 5 nitrogen and oxygen atoms in total. The summed E-state index contributed by atoms with van der Waals surface area (Å²) < 4.78 is 1.07. The third-order valence-electron chi connectivity index (χ3n) is 4.01. The molecular formula is C20H15N3O2S. The van der Waals surface area contributed by atoms with Gasteiger partial charge in [-0.25, -0.2) is 10.4 Å². The average molecular weight is 361 g/mol. The Morgan fingerprint density at radius 1 is 1.15 bits per heavy atom. The van der Waals surface area contributed by atoms with Crippen LogP contribution in [0.1, 0.15) is 20.9 Å². The van der Waals surface area contributed by atoms with Crippen molar-refractivity contribution in [2.24, 2.45) is 5.10 Å². The Morgan fingerprint density at radius 3 is 2.73 bits per heavy atom. The van der Waals surface area contributed by atoms with Gasteiger partial charge in [-0.15, -0.1) is 11.3 Å². The van der Waals surface area contributed by atoms with Crippen molar-refractivity contribution in [2.75, 3.05) is 0 Å². The molecule has 2 N–H and O–H groups in total. The molecule has 0 spiro atoms. The molecule has 1 amide bonds. The van der Waals surface area contributed by atoms with Gasteiger partial charge in [-0.1, -0.05) is 30.3 Å². The van der Waals surface area contributed by atoms with Gasteiger partial charge in [-0.3, -0.25) is 4.79 Å². The summed E-state index contributed by atoms with van der Waals surface area (Å²) in [6.45, 7) is 1.97. The van der Waals surface area contributed by atoms with E-state index >= 15 is 0 Å². The largest absolute Gasteiger partial charge is 0.507 e. The van der Waals surface area contributed by atoms with Crippen molar-refractivity contribution in [3.8, 4) is 5.75 Å². The first-order valence-electron chi connectivity index (χ1n) is 8.02. The Balaban J connectivity index is 1.54. The highest BCUT2D eigenvalue weighted by Crippen LogP contribution is 2.25. The predicted octanol–water partition coefficient (Wildman–Crippen LogP) is 4.23. The number of hydrazone groups is 1. The number of nitrogens with zero attached hydrogens (tertiary/aromatic N) is 2. The van der Waals surface area contributed by atoms with Crippen LogP contribution in [0.15, 0.2) is 59.7 Å². The second-order valence-electron chi connectivity index (χ2n) is 5.88. The summed E-state index contributed by atoms with van der Waals surface area (Å²) in [5.74, 6) is -0.530. The van der Waals surface area contributed by atoms with Gasteiger partial charge in [0.1, 0.15) is 5.75 Å². The summed E-state index contributed by atoms with van der Waals surface area (Å²) in [6.07, 6.45) is 1.57. The maximum absolute atomic E-state index is 12.3. The third-order valence-corrected chi connectivity index (χ3v) is 4.94. The zero-order valence-electron chi connectivity index (χ0n) is 13.9. The topological polar surface area (TPSA) is 74.6 Å². The first-order chi connectivity index (χ1) is 12.6. The van der Waals surface area contributed by atoms with E-state index in [1.807, 2.05) is 49.4 Å². The molecule has 128 valence electrons. The van der Waals surface area contributed by atoms with E-state index in [1.54, 1.807) is 29.7 Å². The Labute approximate surface area is 153 Å². The van der Waals surface area contributed by atoms with Gasteiger partial charge in [-0.2, -0.15) is 5.10 Å². The minimum atomic E-state index is -0.459. The van der Waals surface area contributed by atoms with Crippen molar-refractivity contribution < 1.29 is 9.90 Å². The van der Waals surface area contributed by atoms with Crippen LogP contribution >= 0.6 is 11.3 Å². The van der Waals surface area contributed by atoms with Crippen molar-refractivity contribution in [1.29, 1.82) is 0 Å². The van der Waals surface area contributed by atoms with Crippen LogP contribution in [0.4, 0.5) is 0 Å². The van der Waals surface area contributed by atoms with Crippen molar-refractivity contribution in [2.45, 2.75) is 6.92 Å². The number of carbonyl (C=O) groups is 1. The smallest absolute Gasteiger partial charge is 0.275 e. The molecule has 0 saturated carbocycles. The number of rotatable bonds is 3. The van der Waals surface area contributed by atoms with Crippen LogP contribution in [0.2, 0.25) is 0 Å². The highest BCUT2D eigenvalue weighted by atomic mass is 32.1. The molecule has 0 aliphatic carbocycles. The first kappa shape index (κ1) is 16.2. The normalized spacial score (nSPS) is 11.4. The molecule has 1 aromatic heterocycles. The first-order valence-corrected chi connectivity index (χ1v) is 8.84. The Kier molecular flexibility index (Phi) is 4.10. The van der Waals surface area contributed by atoms with Crippen LogP contribution in [-0.4, -0.2) is 22.2 Å². The molecule has 0 aliphatic heterocycles. The molecule has 0 radical (unpaired) electrons. The minimum Gasteiger partial charge on any atom is -0.507 e. The molecule has 1 heterocycles. The summed E-state index contributed by atoms with van der Waals surface area (Å²) in [4.78, 5) is 16.7. The monoisotopic (exact) mass is 361 g/mol. The van der Waals surface area contributed by atoms with Gasteiger partial charge >= 0.3 is 0 Å². The van der Waals surface area contributed by atoms with Crippen LogP contribution in [0.3, 0.4) is 0 Å². The quantitative estimate of drug-likeness (QED) is 0.424. The van der Waals surface area contributed by atoms with E-state index in [2.05, 4.69) is 15.5 Å². The number of aromatic hydroxyl groups is 1. The molecule has 4 aromatic rings. The zero-order chi connectivity index (χ0) is 18.1. The lowest BCUT2D eigenvalue weighted by atomic mass is 10.1. The van der Waals surface area contributed by atoms with E-state index in [9.17, 15) is 9.90 Å². The maximum atomic E-state index is 12.3. The molecular weight excluding hydrogens is 346 g/mol. The molecule has 26 heavy (non-hydrogen) atoms. The summed E-state index contributed by atoms with van der Waals surface area (Å²) in [6, 6.07) is 16.6. The fraction of sp³-hybridized carbons (Fsp3) is 0.0500. The molecule has 0 saturated heterocycles. The summed E-state index contributed by atoms with van der Waals surface area (Å²) in [7, 11) is 0. The van der Waals surface area contributed by atoms with E-state index < -0.39 is 5.91 Å². The van der Waals surface area contributed by atoms with Crippen molar-refractivity contribution in [1.82, 2.24) is 10.4 Å². The molecule has 0 aliphatic rings. The standard InChI is InChI=1S/C20H15N3O2S/c1-12-22-17-7-6-13(8-19(17)26-12)11-21-23-20(25)16-9-14-4-2-3-5-15(14)10-18(16)24/h2-11,24H,1H3,(H,23,25). The van der Waals surface area contributed by atoms with Crippen LogP contribution < -0.4 is 5.43 Å². The van der Waals surface area contributed by atoms with E-state index in [0.717, 1.165) is 31.6 Å². The number of phenols is 1. The minimum absolute atomic E-state index is 0.0713. The molecule has 3 aromatic carbocycles. The van der Waals surface area contributed by atoms with Gasteiger partial charge in [-0.05, 0) is 47.5 Å². The van der Waals surface area contributed by atoms with Gasteiger partial charge < -0.3 is 5.11 Å². The second kappa shape index (κ2) is 6.57. The number of amides is 1. The van der Waals surface area contributed by atoms with Crippen LogP contribution in [-0.2, 0) is 0 Å². The van der Waals surface area contributed by atoms with Gasteiger partial charge in [0.2, 0.25) is 0 Å². The number of hydrogen-bond acceptors (Lipinski definition) is 5. The van der Waals surface area contributed by atoms with Crippen molar-refractivity contribution in [3.63, 3.8) is 0 Å². The van der Waals surface area contributed by atoms with Gasteiger partial charge in [0.05, 0.1) is 27.0 Å². The van der Waals surface area contributed by atoms with Crippen molar-refractivity contribution >= 4 is 44.4 Å². The van der Waals surface area contributed by atoms with Crippen LogP contribution in [0.25, 0.3) is 21.0 Å². The van der Waals surface area contributed by atoms with Gasteiger partial charge in [0, 0.05) is 0 Å². The number of thiazole rings is 1. The molecule has 0 atom stereocenters. The summed E-state index contributed by atoms with van der Waals surface area (Å²) in [5, 5.41) is 16.9. The van der Waals surface area contributed by atoms with E-state index in [0.29, 0.717) is 0 Å². The number of carbonyl (C=O) groups excluding carboxylic acids is 1. The number of hydrogen-bond donors (Lipinski definition) is 2. The summed E-state index contributed by atoms with van der Waals surface area (Å²) >= 11 is 1.61. The fourth-order valence-electron chi connectivity index (χ4n) is 2.77.